The summed E-state index contributed by atoms with van der Waals surface area (Å²) >= 11 is 0. The molecule has 0 aliphatic heterocycles. The molecule has 1 rings (SSSR count). The van der Waals surface area contributed by atoms with Crippen molar-refractivity contribution in [3.63, 3.8) is 0 Å². The molecule has 0 spiro atoms. The smallest absolute Gasteiger partial charge is 0.162 e. The van der Waals surface area contributed by atoms with Gasteiger partial charge in [-0.25, -0.2) is 5.53 Å². The lowest BCUT2D eigenvalue weighted by atomic mass is 10.1. The van der Waals surface area contributed by atoms with Crippen LogP contribution in [0.4, 0.5) is 5.69 Å². The Bertz CT molecular complexity index is 444. The Kier molecular flexibility index (Phi) is 7.55. The number of rotatable bonds is 10. The number of benzene rings is 1. The Hall–Kier alpha value is -1.71. The Morgan fingerprint density at radius 3 is 2.55 bits per heavy atom. The number of carbonyl (C=O) groups is 1. The molecule has 0 radical (unpaired) electrons. The van der Waals surface area contributed by atoms with E-state index in [9.17, 15) is 4.79 Å². The van der Waals surface area contributed by atoms with Crippen molar-refractivity contribution in [2.24, 2.45) is 5.11 Å². The molecule has 0 saturated carbocycles. The zero-order valence-electron chi connectivity index (χ0n) is 12.4. The normalized spacial score (nSPS) is 10.3. The number of Topliss-reactive ketones (excluding diaryl/α,β-unsaturated/α-hetero) is 1. The molecule has 1 N–H and O–H groups in total. The minimum atomic E-state index is -0.0963. The molecule has 4 nitrogen and oxygen atoms in total. The topological polar surface area (TPSA) is 62.5 Å². The molecule has 110 valence electrons. The molecule has 0 unspecified atom stereocenters. The molecule has 1 aromatic carbocycles. The van der Waals surface area contributed by atoms with Crippen molar-refractivity contribution < 1.29 is 9.53 Å². The van der Waals surface area contributed by atoms with Crippen LogP contribution in [0.25, 0.3) is 0 Å². The maximum absolute atomic E-state index is 11.5. The summed E-state index contributed by atoms with van der Waals surface area (Å²) in [6, 6.07) is 5.09. The van der Waals surface area contributed by atoms with Gasteiger partial charge in [0, 0.05) is 5.56 Å². The third-order valence-electron chi connectivity index (χ3n) is 3.23. The maximum atomic E-state index is 11.5. The van der Waals surface area contributed by atoms with Gasteiger partial charge in [-0.05, 0) is 31.5 Å². The number of nitrogens with zero attached hydrogens (tertiary/aromatic N) is 1. The molecule has 1 aromatic rings. The number of hydrogen-bond acceptors (Lipinski definition) is 4. The monoisotopic (exact) mass is 276 g/mol. The van der Waals surface area contributed by atoms with Crippen LogP contribution < -0.4 is 4.74 Å². The summed E-state index contributed by atoms with van der Waals surface area (Å²) in [5, 5.41) is 3.34. The standard InChI is InChI=1S/C16H24N2O2/c1-3-4-5-6-7-8-11-20-14-9-10-16(18-17)15(12-14)13(2)19/h9-10,12,17H,3-8,11H2,1-2H3. The Balaban J connectivity index is 2.39. The molecule has 0 aliphatic rings. The fourth-order valence-corrected chi connectivity index (χ4v) is 2.06. The highest BCUT2D eigenvalue weighted by atomic mass is 16.5. The Labute approximate surface area is 121 Å². The number of nitrogens with one attached hydrogen (secondary N) is 1. The molecule has 0 atom stereocenters. The number of hydrogen-bond donors (Lipinski definition) is 1. The van der Waals surface area contributed by atoms with Gasteiger partial charge in [-0.15, -0.1) is 0 Å². The first-order chi connectivity index (χ1) is 9.69. The van der Waals surface area contributed by atoms with Crippen molar-refractivity contribution in [1.82, 2.24) is 0 Å². The molecular formula is C16H24N2O2. The van der Waals surface area contributed by atoms with Gasteiger partial charge in [-0.3, -0.25) is 4.79 Å². The van der Waals surface area contributed by atoms with Crippen LogP contribution in [0.15, 0.2) is 23.3 Å². The first-order valence-corrected chi connectivity index (χ1v) is 7.34. The summed E-state index contributed by atoms with van der Waals surface area (Å²) < 4.78 is 5.65. The molecule has 0 aliphatic carbocycles. The fraction of sp³-hybridized carbons (Fsp3) is 0.562. The van der Waals surface area contributed by atoms with Crippen LogP contribution in [0, 0.1) is 5.53 Å². The average molecular weight is 276 g/mol. The SMILES string of the molecule is CCCCCCCCOc1ccc(N=N)c(C(C)=O)c1. The quantitative estimate of drug-likeness (QED) is 0.358. The van der Waals surface area contributed by atoms with E-state index >= 15 is 0 Å². The van der Waals surface area contributed by atoms with E-state index in [1.165, 1.54) is 39.0 Å². The molecule has 4 heteroatoms. The van der Waals surface area contributed by atoms with Crippen LogP contribution in [0.3, 0.4) is 0 Å². The molecule has 0 aromatic heterocycles. The highest BCUT2D eigenvalue weighted by Gasteiger charge is 2.08. The van der Waals surface area contributed by atoms with Gasteiger partial charge in [0.1, 0.15) is 5.75 Å². The first kappa shape index (κ1) is 16.3. The van der Waals surface area contributed by atoms with Crippen molar-refractivity contribution in [1.29, 1.82) is 5.53 Å². The number of carbonyl (C=O) groups excluding carboxylic acids is 1. The van der Waals surface area contributed by atoms with Gasteiger partial charge in [0.25, 0.3) is 0 Å². The largest absolute Gasteiger partial charge is 0.494 e. The van der Waals surface area contributed by atoms with Crippen LogP contribution in [0.1, 0.15) is 62.7 Å². The molecule has 0 fully saturated rings. The van der Waals surface area contributed by atoms with E-state index in [-0.39, 0.29) is 5.78 Å². The summed E-state index contributed by atoms with van der Waals surface area (Å²) in [5.74, 6) is 0.581. The first-order valence-electron chi connectivity index (χ1n) is 7.34. The zero-order valence-corrected chi connectivity index (χ0v) is 12.4. The highest BCUT2D eigenvalue weighted by Crippen LogP contribution is 2.25. The van der Waals surface area contributed by atoms with Crippen LogP contribution in [-0.4, -0.2) is 12.4 Å². The average Bonchev–Trinajstić information content (AvgIpc) is 2.46. The number of ether oxygens (including phenoxy) is 1. The van der Waals surface area contributed by atoms with E-state index < -0.39 is 0 Å². The second kappa shape index (κ2) is 9.23. The van der Waals surface area contributed by atoms with Crippen molar-refractivity contribution >= 4 is 11.5 Å². The van der Waals surface area contributed by atoms with E-state index in [2.05, 4.69) is 12.0 Å². The van der Waals surface area contributed by atoms with Crippen molar-refractivity contribution in [3.05, 3.63) is 23.8 Å². The third-order valence-corrected chi connectivity index (χ3v) is 3.23. The van der Waals surface area contributed by atoms with Crippen molar-refractivity contribution in [2.75, 3.05) is 6.61 Å². The van der Waals surface area contributed by atoms with E-state index in [4.69, 9.17) is 10.3 Å². The Morgan fingerprint density at radius 1 is 1.20 bits per heavy atom. The predicted octanol–water partition coefficient (Wildman–Crippen LogP) is 5.29. The number of ketones is 1. The van der Waals surface area contributed by atoms with Gasteiger partial charge < -0.3 is 4.74 Å². The summed E-state index contributed by atoms with van der Waals surface area (Å²) in [7, 11) is 0. The molecule has 0 amide bonds. The number of unbranched alkanes of at least 4 members (excludes halogenated alkanes) is 5. The van der Waals surface area contributed by atoms with Gasteiger partial charge in [0.15, 0.2) is 5.78 Å². The molecule has 0 heterocycles. The second-order valence-corrected chi connectivity index (χ2v) is 4.96. The second-order valence-electron chi connectivity index (χ2n) is 4.96. The van der Waals surface area contributed by atoms with Gasteiger partial charge in [0.05, 0.1) is 12.3 Å². The van der Waals surface area contributed by atoms with E-state index in [0.717, 1.165) is 6.42 Å². The van der Waals surface area contributed by atoms with Crippen molar-refractivity contribution in [3.8, 4) is 5.75 Å². The molecule has 0 bridgehead atoms. The lowest BCUT2D eigenvalue weighted by Gasteiger charge is -2.08. The van der Waals surface area contributed by atoms with Gasteiger partial charge in [-0.2, -0.15) is 5.11 Å². The van der Waals surface area contributed by atoms with E-state index in [0.29, 0.717) is 23.6 Å². The molecular weight excluding hydrogens is 252 g/mol. The summed E-state index contributed by atoms with van der Waals surface area (Å²) in [6.07, 6.45) is 7.33. The minimum Gasteiger partial charge on any atom is -0.494 e. The fourth-order valence-electron chi connectivity index (χ4n) is 2.06. The van der Waals surface area contributed by atoms with Crippen LogP contribution in [0.5, 0.6) is 5.75 Å². The maximum Gasteiger partial charge on any atom is 0.162 e. The van der Waals surface area contributed by atoms with E-state index in [1.807, 2.05) is 0 Å². The Morgan fingerprint density at radius 2 is 1.90 bits per heavy atom. The predicted molar refractivity (Wildman–Crippen MR) is 80.1 cm³/mol. The molecule has 20 heavy (non-hydrogen) atoms. The summed E-state index contributed by atoms with van der Waals surface area (Å²) in [6.45, 7) is 4.35. The van der Waals surface area contributed by atoms with Crippen LogP contribution in [-0.2, 0) is 0 Å². The van der Waals surface area contributed by atoms with Gasteiger partial charge in [0.2, 0.25) is 0 Å². The molecule has 0 saturated heterocycles. The minimum absolute atomic E-state index is 0.0963. The van der Waals surface area contributed by atoms with Crippen LogP contribution >= 0.6 is 0 Å². The highest BCUT2D eigenvalue weighted by molar-refractivity contribution is 5.99. The lowest BCUT2D eigenvalue weighted by molar-refractivity contribution is 0.101. The lowest BCUT2D eigenvalue weighted by Crippen LogP contribution is -1.99. The zero-order chi connectivity index (χ0) is 14.8. The summed E-state index contributed by atoms with van der Waals surface area (Å²) in [5.41, 5.74) is 7.87. The van der Waals surface area contributed by atoms with Gasteiger partial charge in [-0.1, -0.05) is 39.0 Å². The van der Waals surface area contributed by atoms with Gasteiger partial charge >= 0.3 is 0 Å². The van der Waals surface area contributed by atoms with E-state index in [1.54, 1.807) is 18.2 Å². The summed E-state index contributed by atoms with van der Waals surface area (Å²) in [4.78, 5) is 11.5. The van der Waals surface area contributed by atoms with Crippen molar-refractivity contribution in [2.45, 2.75) is 52.4 Å². The third kappa shape index (κ3) is 5.51. The van der Waals surface area contributed by atoms with Crippen LogP contribution in [0.2, 0.25) is 0 Å².